The molecule has 7 nitrogen and oxygen atoms in total. The molecule has 0 bridgehead atoms. The lowest BCUT2D eigenvalue weighted by molar-refractivity contribution is 0.0398. The van der Waals surface area contributed by atoms with Crippen LogP contribution in [0.4, 0.5) is 11.1 Å². The zero-order valence-corrected chi connectivity index (χ0v) is 19.3. The molecule has 2 N–H and O–H groups in total. The van der Waals surface area contributed by atoms with Gasteiger partial charge in [-0.3, -0.25) is 4.90 Å². The van der Waals surface area contributed by atoms with Crippen LogP contribution >= 0.6 is 22.9 Å². The van der Waals surface area contributed by atoms with Gasteiger partial charge >= 0.3 is 0 Å². The van der Waals surface area contributed by atoms with Gasteiger partial charge in [0.2, 0.25) is 5.95 Å². The lowest BCUT2D eigenvalue weighted by Crippen LogP contribution is -2.39. The molecule has 0 atom stereocenters. The Hall–Kier alpha value is -2.26. The number of ether oxygens (including phenoxy) is 1. The molecule has 0 unspecified atom stereocenters. The number of anilines is 2. The summed E-state index contributed by atoms with van der Waals surface area (Å²) in [6.45, 7) is 9.37. The van der Waals surface area contributed by atoms with E-state index in [0.29, 0.717) is 17.0 Å². The van der Waals surface area contributed by atoms with Gasteiger partial charge < -0.3 is 15.4 Å². The van der Waals surface area contributed by atoms with Crippen LogP contribution in [0, 0.1) is 0 Å². The van der Waals surface area contributed by atoms with E-state index in [1.165, 1.54) is 0 Å². The van der Waals surface area contributed by atoms with Crippen LogP contribution in [-0.4, -0.2) is 65.3 Å². The van der Waals surface area contributed by atoms with Gasteiger partial charge in [0.05, 0.1) is 29.5 Å². The molecule has 9 heteroatoms. The minimum atomic E-state index is 0.320. The second-order valence-corrected chi connectivity index (χ2v) is 9.09. The Balaban J connectivity index is 1.59. The molecule has 1 saturated heterocycles. The maximum atomic E-state index is 6.46. The Morgan fingerprint density at radius 2 is 1.94 bits per heavy atom. The van der Waals surface area contributed by atoms with Gasteiger partial charge in [-0.1, -0.05) is 41.1 Å². The number of hydrogen-bond donors (Lipinski definition) is 2. The molecule has 1 aromatic carbocycles. The topological polar surface area (TPSA) is 75.2 Å². The number of thiazole rings is 1. The van der Waals surface area contributed by atoms with Crippen molar-refractivity contribution < 1.29 is 4.74 Å². The standard InChI is InChI=1S/C22H27ClN6OS/c1-15(2)26-22-25-14-20(31-22)19-13-18(16-5-3-4-6-17(16)23)27-21(28-19)24-7-8-29-9-11-30-12-10-29/h3-6,13-15H,7-12H2,1-2H3,(H,25,26)(H,24,27,28). The highest BCUT2D eigenvalue weighted by molar-refractivity contribution is 7.18. The summed E-state index contributed by atoms with van der Waals surface area (Å²) in [5, 5.41) is 8.28. The van der Waals surface area contributed by atoms with Crippen LogP contribution in [0.2, 0.25) is 5.02 Å². The fourth-order valence-electron chi connectivity index (χ4n) is 3.32. The van der Waals surface area contributed by atoms with Crippen molar-refractivity contribution in [2.24, 2.45) is 0 Å². The maximum Gasteiger partial charge on any atom is 0.223 e. The molecule has 0 radical (unpaired) electrons. The van der Waals surface area contributed by atoms with Crippen molar-refractivity contribution in [2.75, 3.05) is 50.0 Å². The summed E-state index contributed by atoms with van der Waals surface area (Å²) < 4.78 is 5.42. The Labute approximate surface area is 191 Å². The summed E-state index contributed by atoms with van der Waals surface area (Å²) >= 11 is 8.04. The Morgan fingerprint density at radius 1 is 1.16 bits per heavy atom. The van der Waals surface area contributed by atoms with E-state index in [9.17, 15) is 0 Å². The number of benzene rings is 1. The Morgan fingerprint density at radius 3 is 2.71 bits per heavy atom. The van der Waals surface area contributed by atoms with Gasteiger partial charge in [0.15, 0.2) is 5.13 Å². The highest BCUT2D eigenvalue weighted by atomic mass is 35.5. The van der Waals surface area contributed by atoms with Crippen LogP contribution < -0.4 is 10.6 Å². The van der Waals surface area contributed by atoms with Gasteiger partial charge in [-0.15, -0.1) is 0 Å². The lowest BCUT2D eigenvalue weighted by atomic mass is 10.1. The first kappa shape index (κ1) is 22.0. The van der Waals surface area contributed by atoms with E-state index < -0.39 is 0 Å². The van der Waals surface area contributed by atoms with E-state index in [4.69, 9.17) is 26.3 Å². The van der Waals surface area contributed by atoms with Gasteiger partial charge in [0.25, 0.3) is 0 Å². The number of halogens is 1. The minimum absolute atomic E-state index is 0.320. The van der Waals surface area contributed by atoms with Crippen LogP contribution in [-0.2, 0) is 4.74 Å². The van der Waals surface area contributed by atoms with Gasteiger partial charge in [0, 0.05) is 49.0 Å². The first-order valence-electron chi connectivity index (χ1n) is 10.5. The molecular formula is C22H27ClN6OS. The van der Waals surface area contributed by atoms with Crippen molar-refractivity contribution in [1.82, 2.24) is 19.9 Å². The van der Waals surface area contributed by atoms with Gasteiger partial charge in [0.1, 0.15) is 0 Å². The lowest BCUT2D eigenvalue weighted by Gasteiger charge is -2.26. The van der Waals surface area contributed by atoms with Crippen molar-refractivity contribution in [2.45, 2.75) is 19.9 Å². The number of nitrogens with one attached hydrogen (secondary N) is 2. The van der Waals surface area contributed by atoms with Crippen LogP contribution in [0.3, 0.4) is 0 Å². The average Bonchev–Trinajstić information content (AvgIpc) is 3.22. The van der Waals surface area contributed by atoms with E-state index in [-0.39, 0.29) is 0 Å². The number of rotatable bonds is 8. The molecule has 3 heterocycles. The molecule has 0 saturated carbocycles. The fraction of sp³-hybridized carbons (Fsp3) is 0.409. The molecule has 31 heavy (non-hydrogen) atoms. The second-order valence-electron chi connectivity index (χ2n) is 7.65. The predicted octanol–water partition coefficient (Wildman–Crippen LogP) is 4.48. The first-order valence-corrected chi connectivity index (χ1v) is 11.7. The molecule has 2 aromatic heterocycles. The molecular weight excluding hydrogens is 432 g/mol. The monoisotopic (exact) mass is 458 g/mol. The zero-order chi connectivity index (χ0) is 21.6. The van der Waals surface area contributed by atoms with Crippen molar-refractivity contribution in [3.63, 3.8) is 0 Å². The number of aromatic nitrogens is 3. The first-order chi connectivity index (χ1) is 15.1. The zero-order valence-electron chi connectivity index (χ0n) is 17.8. The van der Waals surface area contributed by atoms with Crippen LogP contribution in [0.15, 0.2) is 36.5 Å². The van der Waals surface area contributed by atoms with Gasteiger partial charge in [-0.25, -0.2) is 15.0 Å². The molecule has 0 aliphatic carbocycles. The van der Waals surface area contributed by atoms with Crippen molar-refractivity contribution >= 4 is 34.0 Å². The largest absolute Gasteiger partial charge is 0.379 e. The van der Waals surface area contributed by atoms with Crippen LogP contribution in [0.25, 0.3) is 21.8 Å². The van der Waals surface area contributed by atoms with Crippen molar-refractivity contribution in [1.29, 1.82) is 0 Å². The average molecular weight is 459 g/mol. The third-order valence-electron chi connectivity index (χ3n) is 4.86. The quantitative estimate of drug-likeness (QED) is 0.515. The summed E-state index contributed by atoms with van der Waals surface area (Å²) in [7, 11) is 0. The smallest absolute Gasteiger partial charge is 0.223 e. The van der Waals surface area contributed by atoms with Gasteiger partial charge in [-0.05, 0) is 26.0 Å². The third-order valence-corrected chi connectivity index (χ3v) is 6.14. The van der Waals surface area contributed by atoms with E-state index in [0.717, 1.165) is 66.4 Å². The predicted molar refractivity (Wildman–Crippen MR) is 128 cm³/mol. The number of morpholine rings is 1. The SMILES string of the molecule is CC(C)Nc1ncc(-c2cc(-c3ccccc3Cl)nc(NCCN3CCOCC3)n2)s1. The Bertz CT molecular complexity index is 1010. The van der Waals surface area contributed by atoms with E-state index in [1.54, 1.807) is 11.3 Å². The number of hydrogen-bond acceptors (Lipinski definition) is 8. The summed E-state index contributed by atoms with van der Waals surface area (Å²) in [5.74, 6) is 0.590. The van der Waals surface area contributed by atoms with E-state index in [1.807, 2.05) is 36.5 Å². The van der Waals surface area contributed by atoms with E-state index >= 15 is 0 Å². The molecule has 1 aliphatic rings. The minimum Gasteiger partial charge on any atom is -0.379 e. The normalized spacial score (nSPS) is 14.7. The summed E-state index contributed by atoms with van der Waals surface area (Å²) in [6, 6.07) is 10.0. The van der Waals surface area contributed by atoms with Crippen molar-refractivity contribution in [3.8, 4) is 21.8 Å². The second kappa shape index (κ2) is 10.4. The van der Waals surface area contributed by atoms with Gasteiger partial charge in [-0.2, -0.15) is 0 Å². The molecule has 1 fully saturated rings. The van der Waals surface area contributed by atoms with Crippen molar-refractivity contribution in [3.05, 3.63) is 41.6 Å². The summed E-state index contributed by atoms with van der Waals surface area (Å²) in [4.78, 5) is 17.4. The molecule has 1 aliphatic heterocycles. The summed E-state index contributed by atoms with van der Waals surface area (Å²) in [5.41, 5.74) is 2.50. The highest BCUT2D eigenvalue weighted by Crippen LogP contribution is 2.33. The molecule has 4 rings (SSSR count). The summed E-state index contributed by atoms with van der Waals surface area (Å²) in [6.07, 6.45) is 1.85. The molecule has 0 amide bonds. The highest BCUT2D eigenvalue weighted by Gasteiger charge is 2.14. The van der Waals surface area contributed by atoms with Crippen LogP contribution in [0.5, 0.6) is 0 Å². The third kappa shape index (κ3) is 5.92. The fourth-order valence-corrected chi connectivity index (χ4v) is 4.47. The number of nitrogens with zero attached hydrogens (tertiary/aromatic N) is 4. The molecule has 0 spiro atoms. The molecule has 164 valence electrons. The molecule has 3 aromatic rings. The Kier molecular flexibility index (Phi) is 7.34. The van der Waals surface area contributed by atoms with Crippen LogP contribution in [0.1, 0.15) is 13.8 Å². The van der Waals surface area contributed by atoms with E-state index in [2.05, 4.69) is 34.4 Å². The maximum absolute atomic E-state index is 6.46.